The van der Waals surface area contributed by atoms with Gasteiger partial charge in [-0.25, -0.2) is 19.6 Å². The molecule has 0 saturated carbocycles. The molecule has 4 atom stereocenters. The van der Waals surface area contributed by atoms with E-state index in [-0.39, 0.29) is 0 Å². The van der Waals surface area contributed by atoms with Gasteiger partial charge in [0.15, 0.2) is 11.2 Å². The van der Waals surface area contributed by atoms with Crippen molar-refractivity contribution in [3.05, 3.63) is 60.7 Å². The second-order valence-electron chi connectivity index (χ2n) is 20.8. The van der Waals surface area contributed by atoms with Crippen molar-refractivity contribution >= 4 is 24.0 Å². The molecular formula is C46H68N10O6. The minimum Gasteiger partial charge on any atom is -0.432 e. The highest BCUT2D eigenvalue weighted by atomic mass is 16.6. The van der Waals surface area contributed by atoms with Crippen LogP contribution in [0.15, 0.2) is 49.1 Å². The molecule has 16 nitrogen and oxygen atoms in total. The number of ether oxygens (including phenoxy) is 2. The van der Waals surface area contributed by atoms with E-state index in [2.05, 4.69) is 25.6 Å². The Balaban J connectivity index is 1.53. The number of nitrogens with zero attached hydrogens (tertiary/aromatic N) is 6. The fraction of sp³-hybridized carbons (Fsp3) is 0.565. The Morgan fingerprint density at radius 1 is 0.532 bits per heavy atom. The van der Waals surface area contributed by atoms with Gasteiger partial charge >= 0.3 is 12.2 Å². The van der Waals surface area contributed by atoms with E-state index in [0.29, 0.717) is 34.4 Å². The third-order valence-corrected chi connectivity index (χ3v) is 11.5. The van der Waals surface area contributed by atoms with Gasteiger partial charge in [0.05, 0.1) is 35.9 Å². The molecule has 0 spiro atoms. The van der Waals surface area contributed by atoms with Crippen LogP contribution in [-0.2, 0) is 19.1 Å². The number of hydrogen-bond acceptors (Lipinski definition) is 10. The number of rotatable bonds is 11. The summed E-state index contributed by atoms with van der Waals surface area (Å²) < 4.78 is 11.6. The van der Waals surface area contributed by atoms with Crippen LogP contribution < -0.4 is 10.6 Å². The highest BCUT2D eigenvalue weighted by molar-refractivity contribution is 5.89. The van der Waals surface area contributed by atoms with Crippen molar-refractivity contribution in [3.63, 3.8) is 0 Å². The first-order valence-electron chi connectivity index (χ1n) is 20.8. The third-order valence-electron chi connectivity index (χ3n) is 11.5. The number of aromatic amines is 2. The Bertz CT molecular complexity index is 2060. The quantitative estimate of drug-likeness (QED) is 0.114. The summed E-state index contributed by atoms with van der Waals surface area (Å²) in [6.07, 6.45) is 5.64. The molecule has 0 saturated heterocycles. The minimum atomic E-state index is -1.48. The van der Waals surface area contributed by atoms with E-state index >= 15 is 0 Å². The predicted octanol–water partition coefficient (Wildman–Crippen LogP) is 8.34. The number of benzene rings is 1. The zero-order valence-corrected chi connectivity index (χ0v) is 39.9. The number of nitrogens with one attached hydrogen (secondary N) is 4. The van der Waals surface area contributed by atoms with Gasteiger partial charge in [0.1, 0.15) is 23.0 Å². The maximum Gasteiger partial charge on any atom is 0.410 e. The van der Waals surface area contributed by atoms with E-state index < -0.39 is 68.9 Å². The number of carbonyl (C=O) groups excluding carboxylic acids is 4. The second-order valence-corrected chi connectivity index (χ2v) is 20.8. The fourth-order valence-corrected chi connectivity index (χ4v) is 6.21. The summed E-state index contributed by atoms with van der Waals surface area (Å²) in [6, 6.07) is 6.66. The first-order chi connectivity index (χ1) is 28.3. The molecule has 62 heavy (non-hydrogen) atoms. The van der Waals surface area contributed by atoms with Crippen LogP contribution in [0, 0.1) is 21.7 Å². The molecule has 0 fully saturated rings. The second kappa shape index (κ2) is 17.5. The summed E-state index contributed by atoms with van der Waals surface area (Å²) in [5.41, 5.74) is -1.21. The van der Waals surface area contributed by atoms with Gasteiger partial charge < -0.3 is 39.9 Å². The number of H-pyrrole nitrogens is 2. The van der Waals surface area contributed by atoms with Crippen LogP contribution in [0.4, 0.5) is 9.59 Å². The molecule has 16 heteroatoms. The molecular weight excluding hydrogens is 789 g/mol. The van der Waals surface area contributed by atoms with E-state index in [0.717, 1.165) is 11.1 Å². The van der Waals surface area contributed by atoms with Gasteiger partial charge in [-0.15, -0.1) is 0 Å². The molecule has 3 aromatic heterocycles. The molecule has 4 rings (SSSR count). The Kier molecular flexibility index (Phi) is 13.8. The number of carbonyl (C=O) groups is 4. The smallest absolute Gasteiger partial charge is 0.410 e. The number of amides is 4. The maximum atomic E-state index is 14.0. The summed E-state index contributed by atoms with van der Waals surface area (Å²) >= 11 is 0. The van der Waals surface area contributed by atoms with Gasteiger partial charge in [-0.05, 0) is 24.7 Å². The van der Waals surface area contributed by atoms with Crippen LogP contribution in [0.3, 0.4) is 0 Å². The lowest BCUT2D eigenvalue weighted by Crippen LogP contribution is -2.58. The van der Waals surface area contributed by atoms with E-state index in [9.17, 15) is 19.2 Å². The van der Waals surface area contributed by atoms with Crippen LogP contribution in [0.25, 0.3) is 33.9 Å². The number of hydrogen-bond donors (Lipinski definition) is 4. The number of imidazole rings is 2. The predicted molar refractivity (Wildman–Crippen MR) is 239 cm³/mol. The van der Waals surface area contributed by atoms with E-state index in [4.69, 9.17) is 24.4 Å². The third kappa shape index (κ3) is 10.6. The molecule has 1 aromatic carbocycles. The summed E-state index contributed by atoms with van der Waals surface area (Å²) in [5, 5.41) is 6.24. The van der Waals surface area contributed by atoms with Crippen LogP contribution >= 0.6 is 0 Å². The van der Waals surface area contributed by atoms with Crippen molar-refractivity contribution in [3.8, 4) is 33.9 Å². The van der Waals surface area contributed by atoms with Crippen molar-refractivity contribution in [2.45, 2.75) is 120 Å². The summed E-state index contributed by atoms with van der Waals surface area (Å²) in [4.78, 5) is 81.3. The van der Waals surface area contributed by atoms with Crippen LogP contribution in [0.5, 0.6) is 0 Å². The lowest BCUT2D eigenvalue weighted by molar-refractivity contribution is -0.153. The van der Waals surface area contributed by atoms with Gasteiger partial charge in [-0.1, -0.05) is 107 Å². The Morgan fingerprint density at radius 3 is 1.21 bits per heavy atom. The van der Waals surface area contributed by atoms with Crippen molar-refractivity contribution in [2.24, 2.45) is 21.7 Å². The lowest BCUT2D eigenvalue weighted by atomic mass is 9.76. The zero-order chi connectivity index (χ0) is 47.0. The van der Waals surface area contributed by atoms with Gasteiger partial charge in [0.25, 0.3) is 11.8 Å². The van der Waals surface area contributed by atoms with E-state index in [1.165, 1.54) is 9.80 Å². The van der Waals surface area contributed by atoms with Crippen LogP contribution in [0.2, 0.25) is 0 Å². The van der Waals surface area contributed by atoms with Crippen molar-refractivity contribution in [1.82, 2.24) is 50.3 Å². The normalized spacial score (nSPS) is 15.3. The molecule has 0 radical (unpaired) electrons. The topological polar surface area (TPSA) is 200 Å². The number of aromatic nitrogens is 6. The maximum absolute atomic E-state index is 14.0. The van der Waals surface area contributed by atoms with E-state index in [1.54, 1.807) is 66.8 Å². The van der Waals surface area contributed by atoms with Crippen molar-refractivity contribution in [1.29, 1.82) is 0 Å². The molecule has 4 aromatic rings. The average Bonchev–Trinajstić information content (AvgIpc) is 3.85. The molecule has 1 unspecified atom stereocenters. The van der Waals surface area contributed by atoms with Crippen LogP contribution in [-0.4, -0.2) is 103 Å². The van der Waals surface area contributed by atoms with Gasteiger partial charge in [0, 0.05) is 62.5 Å². The summed E-state index contributed by atoms with van der Waals surface area (Å²) in [5.74, 6) is 0.215. The Hall–Kier alpha value is -5.80. The average molecular weight is 857 g/mol. The molecule has 3 heterocycles. The van der Waals surface area contributed by atoms with Gasteiger partial charge in [0.2, 0.25) is 0 Å². The van der Waals surface area contributed by atoms with Gasteiger partial charge in [-0.3, -0.25) is 19.6 Å². The monoisotopic (exact) mass is 857 g/mol. The Labute approximate surface area is 366 Å². The largest absolute Gasteiger partial charge is 0.432 e. The highest BCUT2D eigenvalue weighted by Crippen LogP contribution is 2.40. The first kappa shape index (κ1) is 48.9. The molecule has 4 N–H and O–H groups in total. The molecule has 0 aliphatic carbocycles. The Morgan fingerprint density at radius 2 is 0.871 bits per heavy atom. The fourth-order valence-electron chi connectivity index (χ4n) is 6.21. The van der Waals surface area contributed by atoms with E-state index in [1.807, 2.05) is 107 Å². The molecule has 338 valence electrons. The van der Waals surface area contributed by atoms with Crippen molar-refractivity contribution in [2.75, 3.05) is 28.2 Å². The van der Waals surface area contributed by atoms with Gasteiger partial charge in [-0.2, -0.15) is 0 Å². The molecule has 0 aliphatic rings. The highest BCUT2D eigenvalue weighted by Gasteiger charge is 2.51. The minimum absolute atomic E-state index is 0.425. The first-order valence-corrected chi connectivity index (χ1v) is 20.8. The molecule has 4 amide bonds. The standard InChI is InChI=1S/C46H68N10O6/c1-41(2,3)33(53-37(57)45(13,43(7,8)9)61-39(59)55(15)16)35-49-24-30(51-35)28-21-19-27(20-22-28)29-23-48-31(25-47-29)32-26-50-36(52-32)34(42(4,5)6)54-38(58)46(14,44(10,11)12)62-40(60)56(17)18/h19-26,33-34H,1-18H3,(H,49,51)(H,50,52)(H,53,57)(H,54,58)/t33-,34-,45+,46?/m1/s1. The SMILES string of the molecule is CN(C)C(=O)OC(C)(C(=O)N[C@H](c1nc(-c2cnc(-c3ccc(-c4c[nH]c([C@@H](NC(=O)[C@](C)(OC(=O)N(C)C)C(C)(C)C)C(C)(C)C)n4)cc3)cn2)c[nH]1)C(C)(C)C)C(C)(C)C. The molecule has 0 aliphatic heterocycles. The zero-order valence-electron chi connectivity index (χ0n) is 39.9. The molecule has 0 bridgehead atoms. The van der Waals surface area contributed by atoms with Crippen molar-refractivity contribution < 1.29 is 28.7 Å². The summed E-state index contributed by atoms with van der Waals surface area (Å²) in [7, 11) is 6.30. The lowest BCUT2D eigenvalue weighted by Gasteiger charge is -2.42. The van der Waals surface area contributed by atoms with Crippen LogP contribution in [0.1, 0.15) is 121 Å². The summed E-state index contributed by atoms with van der Waals surface area (Å²) in [6.45, 7) is 26.4.